The van der Waals surface area contributed by atoms with Crippen molar-refractivity contribution in [2.24, 2.45) is 13.0 Å². The van der Waals surface area contributed by atoms with Crippen LogP contribution in [0.4, 0.5) is 0 Å². The van der Waals surface area contributed by atoms with Gasteiger partial charge in [-0.15, -0.1) is 0 Å². The summed E-state index contributed by atoms with van der Waals surface area (Å²) in [6, 6.07) is 0.182. The summed E-state index contributed by atoms with van der Waals surface area (Å²) in [5.74, 6) is -1.12. The predicted molar refractivity (Wildman–Crippen MR) is 64.4 cm³/mol. The van der Waals surface area contributed by atoms with E-state index in [0.717, 1.165) is 0 Å². The predicted octanol–water partition coefficient (Wildman–Crippen LogP) is 0.198. The molecule has 0 saturated carbocycles. The minimum absolute atomic E-state index is 0.0579. The molecule has 1 rings (SSSR count). The third-order valence-electron chi connectivity index (χ3n) is 2.35. The molecular weight excluding hydrogens is 258 g/mol. The smallest absolute Gasteiger partial charge is 0.321 e. The van der Waals surface area contributed by atoms with Crippen molar-refractivity contribution < 1.29 is 18.3 Å². The van der Waals surface area contributed by atoms with Crippen LogP contribution >= 0.6 is 0 Å². The normalized spacial score (nSPS) is 13.8. The summed E-state index contributed by atoms with van der Waals surface area (Å²) < 4.78 is 27.3. The van der Waals surface area contributed by atoms with Crippen LogP contribution in [0, 0.1) is 5.92 Å². The van der Waals surface area contributed by atoms with Gasteiger partial charge in [0.2, 0.25) is 0 Å². The van der Waals surface area contributed by atoms with Crippen molar-refractivity contribution in [3.8, 4) is 0 Å². The third kappa shape index (κ3) is 3.54. The van der Waals surface area contributed by atoms with E-state index in [0.29, 0.717) is 0 Å². The van der Waals surface area contributed by atoms with Crippen molar-refractivity contribution in [2.45, 2.75) is 31.3 Å². The van der Waals surface area contributed by atoms with Gasteiger partial charge in [0, 0.05) is 7.05 Å². The molecule has 0 aliphatic carbocycles. The summed E-state index contributed by atoms with van der Waals surface area (Å²) >= 11 is 0. The van der Waals surface area contributed by atoms with E-state index in [4.69, 9.17) is 5.11 Å². The Balaban J connectivity index is 2.94. The van der Waals surface area contributed by atoms with Crippen LogP contribution in [0.25, 0.3) is 0 Å². The van der Waals surface area contributed by atoms with Gasteiger partial charge >= 0.3 is 5.97 Å². The van der Waals surface area contributed by atoms with E-state index in [1.807, 2.05) is 13.8 Å². The highest BCUT2D eigenvalue weighted by molar-refractivity contribution is 7.89. The third-order valence-corrected chi connectivity index (χ3v) is 3.90. The standard InChI is InChI=1S/C10H17N3O4S/c1-7(2)6-8(10(14)15)12-18(16,17)9-4-5-11-13(9)3/h4-5,7-8,12H,6H2,1-3H3,(H,14,15)/t8-/m0/s1. The summed E-state index contributed by atoms with van der Waals surface area (Å²) in [7, 11) is -2.39. The molecule has 0 unspecified atom stereocenters. The Bertz CT molecular complexity index is 521. The summed E-state index contributed by atoms with van der Waals surface area (Å²) in [4.78, 5) is 11.0. The summed E-state index contributed by atoms with van der Waals surface area (Å²) in [5.41, 5.74) is 0. The molecule has 8 heteroatoms. The van der Waals surface area contributed by atoms with Gasteiger partial charge in [-0.3, -0.25) is 9.48 Å². The van der Waals surface area contributed by atoms with Crippen LogP contribution in [0.15, 0.2) is 17.3 Å². The molecule has 0 aromatic carbocycles. The first-order valence-corrected chi connectivity index (χ1v) is 6.95. The zero-order valence-electron chi connectivity index (χ0n) is 10.5. The number of rotatable bonds is 6. The van der Waals surface area contributed by atoms with E-state index in [-0.39, 0.29) is 17.4 Å². The Morgan fingerprint density at radius 1 is 1.56 bits per heavy atom. The number of carbonyl (C=O) groups is 1. The first-order valence-electron chi connectivity index (χ1n) is 5.47. The SMILES string of the molecule is CC(C)C[C@H](NS(=O)(=O)c1ccnn1C)C(=O)O. The van der Waals surface area contributed by atoms with Gasteiger partial charge in [0.25, 0.3) is 10.0 Å². The average molecular weight is 275 g/mol. The number of sulfonamides is 1. The number of aryl methyl sites for hydroxylation is 1. The number of nitrogens with one attached hydrogen (secondary N) is 1. The average Bonchev–Trinajstić information content (AvgIpc) is 2.62. The van der Waals surface area contributed by atoms with Crippen molar-refractivity contribution in [1.29, 1.82) is 0 Å². The van der Waals surface area contributed by atoms with E-state index in [2.05, 4.69) is 9.82 Å². The number of carboxylic acids is 1. The first-order chi connectivity index (χ1) is 8.24. The molecule has 7 nitrogen and oxygen atoms in total. The zero-order valence-corrected chi connectivity index (χ0v) is 11.3. The topological polar surface area (TPSA) is 101 Å². The molecule has 0 bridgehead atoms. The van der Waals surface area contributed by atoms with Crippen molar-refractivity contribution in [3.05, 3.63) is 12.3 Å². The fourth-order valence-corrected chi connectivity index (χ4v) is 2.87. The Morgan fingerprint density at radius 2 is 2.17 bits per heavy atom. The molecule has 1 aromatic heterocycles. The lowest BCUT2D eigenvalue weighted by molar-refractivity contribution is -0.139. The van der Waals surface area contributed by atoms with Gasteiger partial charge in [-0.1, -0.05) is 13.8 Å². The number of aliphatic carboxylic acids is 1. The van der Waals surface area contributed by atoms with Gasteiger partial charge < -0.3 is 5.11 Å². The highest BCUT2D eigenvalue weighted by atomic mass is 32.2. The molecule has 0 fully saturated rings. The molecule has 0 aliphatic rings. The second-order valence-electron chi connectivity index (χ2n) is 4.43. The maximum atomic E-state index is 12.0. The van der Waals surface area contributed by atoms with Gasteiger partial charge in [0.05, 0.1) is 6.20 Å². The summed E-state index contributed by atoms with van der Waals surface area (Å²) in [5, 5.41) is 12.7. The molecule has 18 heavy (non-hydrogen) atoms. The monoisotopic (exact) mass is 275 g/mol. The lowest BCUT2D eigenvalue weighted by Crippen LogP contribution is -2.42. The second kappa shape index (κ2) is 5.49. The van der Waals surface area contributed by atoms with Crippen LogP contribution in [0.3, 0.4) is 0 Å². The minimum atomic E-state index is -3.87. The van der Waals surface area contributed by atoms with Crippen LogP contribution < -0.4 is 4.72 Å². The van der Waals surface area contributed by atoms with E-state index < -0.39 is 22.0 Å². The number of carboxylic acid groups (broad SMARTS) is 1. The number of hydrogen-bond donors (Lipinski definition) is 2. The van der Waals surface area contributed by atoms with E-state index in [9.17, 15) is 13.2 Å². The molecule has 1 heterocycles. The van der Waals surface area contributed by atoms with E-state index in [1.54, 1.807) is 0 Å². The molecule has 0 amide bonds. The molecule has 1 aromatic rings. The largest absolute Gasteiger partial charge is 0.480 e. The second-order valence-corrected chi connectivity index (χ2v) is 6.10. The van der Waals surface area contributed by atoms with Crippen molar-refractivity contribution in [1.82, 2.24) is 14.5 Å². The van der Waals surface area contributed by atoms with Crippen LogP contribution in [0.5, 0.6) is 0 Å². The lowest BCUT2D eigenvalue weighted by Gasteiger charge is -2.16. The van der Waals surface area contributed by atoms with Crippen molar-refractivity contribution >= 4 is 16.0 Å². The number of hydrogen-bond acceptors (Lipinski definition) is 4. The molecule has 2 N–H and O–H groups in total. The summed E-state index contributed by atoms with van der Waals surface area (Å²) in [6.45, 7) is 3.66. The van der Waals surface area contributed by atoms with Crippen molar-refractivity contribution in [2.75, 3.05) is 0 Å². The van der Waals surface area contributed by atoms with E-state index >= 15 is 0 Å². The van der Waals surface area contributed by atoms with Gasteiger partial charge in [0.1, 0.15) is 6.04 Å². The maximum Gasteiger partial charge on any atom is 0.321 e. The molecule has 102 valence electrons. The number of aromatic nitrogens is 2. The molecule has 0 aliphatic heterocycles. The highest BCUT2D eigenvalue weighted by Crippen LogP contribution is 2.11. The van der Waals surface area contributed by atoms with Crippen LogP contribution in [0.2, 0.25) is 0 Å². The Labute approximate surface area is 106 Å². The minimum Gasteiger partial charge on any atom is -0.480 e. The van der Waals surface area contributed by atoms with Gasteiger partial charge in [0.15, 0.2) is 5.03 Å². The quantitative estimate of drug-likeness (QED) is 0.772. The zero-order chi connectivity index (χ0) is 13.9. The first kappa shape index (κ1) is 14.7. The number of nitrogens with zero attached hydrogens (tertiary/aromatic N) is 2. The Kier molecular flexibility index (Phi) is 4.47. The van der Waals surface area contributed by atoms with Gasteiger partial charge in [-0.05, 0) is 18.4 Å². The van der Waals surface area contributed by atoms with Crippen LogP contribution in [-0.2, 0) is 21.9 Å². The fourth-order valence-electron chi connectivity index (χ4n) is 1.54. The highest BCUT2D eigenvalue weighted by Gasteiger charge is 2.27. The summed E-state index contributed by atoms with van der Waals surface area (Å²) in [6.07, 6.45) is 1.57. The van der Waals surface area contributed by atoms with E-state index in [1.165, 1.54) is 24.0 Å². The van der Waals surface area contributed by atoms with Crippen LogP contribution in [-0.4, -0.2) is 35.3 Å². The van der Waals surface area contributed by atoms with Crippen molar-refractivity contribution in [3.63, 3.8) is 0 Å². The lowest BCUT2D eigenvalue weighted by atomic mass is 10.1. The Hall–Kier alpha value is -1.41. The molecule has 1 atom stereocenters. The van der Waals surface area contributed by atoms with Crippen LogP contribution in [0.1, 0.15) is 20.3 Å². The molecule has 0 saturated heterocycles. The molecule has 0 spiro atoms. The van der Waals surface area contributed by atoms with Gasteiger partial charge in [-0.2, -0.15) is 9.82 Å². The fraction of sp³-hybridized carbons (Fsp3) is 0.600. The maximum absolute atomic E-state index is 12.0. The molecular formula is C10H17N3O4S. The molecule has 0 radical (unpaired) electrons. The Morgan fingerprint density at radius 3 is 2.56 bits per heavy atom. The van der Waals surface area contributed by atoms with Gasteiger partial charge in [-0.25, -0.2) is 8.42 Å².